The standard InChI is InChI=1S/C17H24O3.C16H21F3O3.C15H20O3.C11H13N.C11H14O.C10H21O6P.C9H9N/c1-5-17(4,14-11-9-8-10-12-14)13-15(19-6-2)16(18)20-7-3;1-4-14(3,12-9-7-6-8-10-12)11-15(21,16(17,18)19)13(20)22-5-2;1-4-15(3,12-9-7-6-8-10-12)11-13(16)14(17)18-5-2;2*1-3-11(2,9-12)10-7-5-4-6-8-10;1-5-13-9(11)10(14-6-2)17(12,15-7-3)16-8-4;1-8(7-10)9-5-3-2-4-6-9/h8-13H,5-7H2,1-4H3;6-10,21H,4-5,11H2,1-3H3;6-10H,4-5,11H2,1-3H3;4-8H,3H2,1-2H3;4-9H,3H2,1-2H3;10H,5-8H2,1-4H3;2-6,8H,1H3/b15-13-;;;;;;. The predicted molar refractivity (Wildman–Crippen MR) is 430 cm³/mol. The summed E-state index contributed by atoms with van der Waals surface area (Å²) in [4.78, 5) is 69.4. The number of Topliss-reactive ketones (excluding diaryl/α,β-unsaturated/α-hetero) is 1. The number of rotatable bonds is 34. The summed E-state index contributed by atoms with van der Waals surface area (Å²) in [5.41, 5.74) is 0.426. The number of hydrogen-bond acceptors (Lipinski definition) is 18. The van der Waals surface area contributed by atoms with Crippen molar-refractivity contribution in [2.24, 2.45) is 0 Å². The molecule has 6 aromatic carbocycles. The zero-order valence-electron chi connectivity index (χ0n) is 68.8. The number of aliphatic hydroxyl groups is 1. The molecule has 1 N–H and O–H groups in total. The molecule has 0 aliphatic rings. The van der Waals surface area contributed by atoms with Crippen LogP contribution in [-0.2, 0) is 97.9 Å². The third kappa shape index (κ3) is 33.8. The number of nitriles is 2. The number of esters is 4. The largest absolute Gasteiger partial charge is 0.487 e. The lowest BCUT2D eigenvalue weighted by atomic mass is 9.71. The van der Waals surface area contributed by atoms with Gasteiger partial charge in [-0.25, -0.2) is 19.2 Å². The van der Waals surface area contributed by atoms with Gasteiger partial charge in [-0.15, -0.1) is 0 Å². The van der Waals surface area contributed by atoms with E-state index in [1.165, 1.54) is 6.92 Å². The van der Waals surface area contributed by atoms with Crippen LogP contribution < -0.4 is 0 Å². The number of allylic oxidation sites excluding steroid dienone is 1. The van der Waals surface area contributed by atoms with E-state index in [4.69, 9.17) is 43.3 Å². The molecule has 0 fully saturated rings. The minimum Gasteiger partial charge on any atom is -0.487 e. The molecule has 610 valence electrons. The van der Waals surface area contributed by atoms with Crippen LogP contribution in [0.2, 0.25) is 0 Å². The molecule has 6 rings (SSSR count). The highest BCUT2D eigenvalue weighted by molar-refractivity contribution is 7.55. The van der Waals surface area contributed by atoms with Crippen molar-refractivity contribution in [2.45, 2.75) is 227 Å². The molecule has 6 aromatic rings. The first-order valence-corrected chi connectivity index (χ1v) is 39.6. The Balaban J connectivity index is 0.00000129. The van der Waals surface area contributed by atoms with E-state index in [1.807, 2.05) is 201 Å². The molecule has 0 saturated heterocycles. The van der Waals surface area contributed by atoms with Crippen molar-refractivity contribution in [2.75, 3.05) is 52.9 Å². The lowest BCUT2D eigenvalue weighted by Gasteiger charge is -2.37. The van der Waals surface area contributed by atoms with Crippen molar-refractivity contribution >= 4 is 43.5 Å². The number of hydrogen-bond donors (Lipinski definition) is 1. The molecular formula is C89H122F3N2O16P. The summed E-state index contributed by atoms with van der Waals surface area (Å²) in [6.45, 7) is 36.4. The van der Waals surface area contributed by atoms with Crippen molar-refractivity contribution in [3.05, 3.63) is 227 Å². The van der Waals surface area contributed by atoms with Crippen LogP contribution in [0.1, 0.15) is 216 Å². The maximum atomic E-state index is 13.3. The van der Waals surface area contributed by atoms with E-state index in [0.29, 0.717) is 31.0 Å². The Morgan fingerprint density at radius 3 is 1.19 bits per heavy atom. The molecule has 111 heavy (non-hydrogen) atoms. The van der Waals surface area contributed by atoms with Gasteiger partial charge in [0.25, 0.3) is 11.4 Å². The highest BCUT2D eigenvalue weighted by Gasteiger charge is 2.63. The van der Waals surface area contributed by atoms with Gasteiger partial charge in [-0.2, -0.15) is 23.7 Å². The third-order valence-electron chi connectivity index (χ3n) is 18.7. The summed E-state index contributed by atoms with van der Waals surface area (Å²) in [7, 11) is -3.63. The van der Waals surface area contributed by atoms with E-state index in [2.05, 4.69) is 42.9 Å². The molecule has 0 aromatic heterocycles. The summed E-state index contributed by atoms with van der Waals surface area (Å²) in [6.07, 6.45) is 0.893. The predicted octanol–water partition coefficient (Wildman–Crippen LogP) is 20.2. The first-order chi connectivity index (χ1) is 52.6. The molecule has 8 unspecified atom stereocenters. The molecule has 0 heterocycles. The Labute approximate surface area is 659 Å². The van der Waals surface area contributed by atoms with Crippen molar-refractivity contribution in [1.29, 1.82) is 10.5 Å². The van der Waals surface area contributed by atoms with Crippen molar-refractivity contribution < 1.29 is 89.1 Å². The van der Waals surface area contributed by atoms with E-state index in [-0.39, 0.29) is 73.6 Å². The molecule has 0 bridgehead atoms. The Morgan fingerprint density at radius 1 is 0.468 bits per heavy atom. The van der Waals surface area contributed by atoms with Crippen LogP contribution in [0.3, 0.4) is 0 Å². The van der Waals surface area contributed by atoms with Crippen LogP contribution >= 0.6 is 7.60 Å². The quantitative estimate of drug-likeness (QED) is 0.00748. The number of carbonyl (C=O) groups is 6. The molecule has 8 atom stereocenters. The monoisotopic (exact) mass is 1560 g/mol. The van der Waals surface area contributed by atoms with Crippen LogP contribution in [0.25, 0.3) is 0 Å². The van der Waals surface area contributed by atoms with Crippen LogP contribution in [0, 0.1) is 22.7 Å². The summed E-state index contributed by atoms with van der Waals surface area (Å²) < 4.78 is 92.0. The van der Waals surface area contributed by atoms with Gasteiger partial charge in [0.1, 0.15) is 6.29 Å². The first-order valence-electron chi connectivity index (χ1n) is 38.0. The van der Waals surface area contributed by atoms with Gasteiger partial charge < -0.3 is 47.4 Å². The minimum absolute atomic E-state index is 0.0150. The maximum Gasteiger partial charge on any atom is 0.428 e. The molecular weight excluding hydrogens is 1440 g/mol. The molecule has 0 saturated carbocycles. The van der Waals surface area contributed by atoms with E-state index in [0.717, 1.165) is 59.8 Å². The minimum atomic E-state index is -5.11. The summed E-state index contributed by atoms with van der Waals surface area (Å²) in [5, 5.41) is 27.6. The Hall–Kier alpha value is -9.08. The molecule has 22 heteroatoms. The second-order valence-electron chi connectivity index (χ2n) is 26.6. The van der Waals surface area contributed by atoms with Gasteiger partial charge in [0.15, 0.2) is 0 Å². The number of ether oxygens (including phenoxy) is 6. The van der Waals surface area contributed by atoms with Crippen LogP contribution in [-0.4, -0.2) is 112 Å². The van der Waals surface area contributed by atoms with E-state index >= 15 is 0 Å². The van der Waals surface area contributed by atoms with Crippen LogP contribution in [0.5, 0.6) is 0 Å². The number of benzene rings is 6. The smallest absolute Gasteiger partial charge is 0.428 e. The van der Waals surface area contributed by atoms with Gasteiger partial charge in [-0.1, -0.05) is 237 Å². The molecule has 0 aliphatic heterocycles. The number of halogens is 3. The third-order valence-corrected chi connectivity index (χ3v) is 20.9. The Morgan fingerprint density at radius 2 is 0.847 bits per heavy atom. The SMILES string of the molecule is CC(C#N)c1ccccc1.CCC(C)(C#N)c1ccccc1.CCC(C)(C=O)c1ccccc1.CCOC(=O)/C(=C/C(C)(CC)c1ccccc1)OCC.CCOC(=O)C(=O)CC(C)(CC)c1ccccc1.CCOC(=O)C(O)(CC(C)(CC)c1ccccc1)C(F)(F)F.CCOC(=O)C(OCC)P(=O)(OCC)OCC. The maximum absolute atomic E-state index is 13.3. The lowest BCUT2D eigenvalue weighted by Crippen LogP contribution is -2.56. The van der Waals surface area contributed by atoms with E-state index < -0.39 is 66.7 Å². The second-order valence-corrected chi connectivity index (χ2v) is 28.6. The normalized spacial score (nSPS) is 14.7. The zero-order chi connectivity index (χ0) is 84.4. The molecule has 0 amide bonds. The fraction of sp³-hybridized carbons (Fsp3) is 0.483. The van der Waals surface area contributed by atoms with Crippen LogP contribution in [0.4, 0.5) is 13.2 Å². The van der Waals surface area contributed by atoms with E-state index in [9.17, 15) is 51.6 Å². The van der Waals surface area contributed by atoms with Gasteiger partial charge in [0.2, 0.25) is 11.5 Å². The second kappa shape index (κ2) is 53.0. The molecule has 0 spiro atoms. The molecule has 18 nitrogen and oxygen atoms in total. The number of alkyl halides is 3. The number of carbonyl (C=O) groups excluding carboxylic acids is 6. The fourth-order valence-electron chi connectivity index (χ4n) is 10.6. The Kier molecular flexibility index (Phi) is 48.6. The topological polar surface area (TPSA) is 261 Å². The highest BCUT2D eigenvalue weighted by Crippen LogP contribution is 2.54. The van der Waals surface area contributed by atoms with Crippen LogP contribution in [0.15, 0.2) is 194 Å². The van der Waals surface area contributed by atoms with Gasteiger partial charge in [-0.3, -0.25) is 9.36 Å². The van der Waals surface area contributed by atoms with Crippen molar-refractivity contribution in [3.8, 4) is 12.1 Å². The summed E-state index contributed by atoms with van der Waals surface area (Å²) in [5.74, 6) is -4.96. The van der Waals surface area contributed by atoms with E-state index in [1.54, 1.807) is 85.7 Å². The summed E-state index contributed by atoms with van der Waals surface area (Å²) in [6, 6.07) is 62.6. The Bertz CT molecular complexity index is 3780. The van der Waals surface area contributed by atoms with Crippen molar-refractivity contribution in [1.82, 2.24) is 0 Å². The average molecular weight is 1560 g/mol. The number of aldehydes is 1. The fourth-order valence-corrected chi connectivity index (χ4v) is 12.4. The summed E-state index contributed by atoms with van der Waals surface area (Å²) >= 11 is 0. The lowest BCUT2D eigenvalue weighted by molar-refractivity contribution is -0.268. The van der Waals surface area contributed by atoms with Gasteiger partial charge in [-0.05, 0) is 159 Å². The van der Waals surface area contributed by atoms with Gasteiger partial charge in [0.05, 0.1) is 69.7 Å². The van der Waals surface area contributed by atoms with Gasteiger partial charge in [0, 0.05) is 30.3 Å². The highest BCUT2D eigenvalue weighted by atomic mass is 31.2. The first kappa shape index (κ1) is 102. The molecule has 0 radical (unpaired) electrons. The molecule has 0 aliphatic carbocycles. The average Bonchev–Trinajstić information content (AvgIpc) is 0.766. The number of ketones is 1. The zero-order valence-corrected chi connectivity index (χ0v) is 69.7. The van der Waals surface area contributed by atoms with Crippen molar-refractivity contribution in [3.63, 3.8) is 0 Å². The number of nitrogens with zero attached hydrogens (tertiary/aromatic N) is 2. The van der Waals surface area contributed by atoms with Gasteiger partial charge >= 0.3 is 37.6 Å².